The van der Waals surface area contributed by atoms with Gasteiger partial charge in [0, 0.05) is 18.8 Å². The lowest BCUT2D eigenvalue weighted by atomic mass is 10.2. The van der Waals surface area contributed by atoms with E-state index in [1.165, 1.54) is 0 Å². The molecule has 0 unspecified atom stereocenters. The number of nitriles is 1. The van der Waals surface area contributed by atoms with Crippen LogP contribution in [0.5, 0.6) is 0 Å². The summed E-state index contributed by atoms with van der Waals surface area (Å²) in [6, 6.07) is 5.37. The number of halogens is 1. The molecule has 4 nitrogen and oxygen atoms in total. The Kier molecular flexibility index (Phi) is 2.40. The molecule has 0 radical (unpaired) electrons. The van der Waals surface area contributed by atoms with Crippen molar-refractivity contribution in [1.29, 1.82) is 5.26 Å². The standard InChI is InChI=1S/C10H7ClN4/c1-15-6-8(5-13-15)9-3-2-7(4-12)10(11)14-9/h2-3,5-6H,1H3. The van der Waals surface area contributed by atoms with E-state index in [1.807, 2.05) is 19.3 Å². The van der Waals surface area contributed by atoms with Gasteiger partial charge in [-0.3, -0.25) is 4.68 Å². The van der Waals surface area contributed by atoms with Gasteiger partial charge in [0.25, 0.3) is 0 Å². The molecule has 0 N–H and O–H groups in total. The lowest BCUT2D eigenvalue weighted by molar-refractivity contribution is 0.768. The third-order valence-corrected chi connectivity index (χ3v) is 2.26. The van der Waals surface area contributed by atoms with Gasteiger partial charge >= 0.3 is 0 Å². The van der Waals surface area contributed by atoms with Crippen molar-refractivity contribution in [3.63, 3.8) is 0 Å². The van der Waals surface area contributed by atoms with E-state index in [2.05, 4.69) is 10.1 Å². The Morgan fingerprint density at radius 3 is 2.80 bits per heavy atom. The molecule has 0 aliphatic carbocycles. The van der Waals surface area contributed by atoms with Crippen LogP contribution in [0.15, 0.2) is 24.5 Å². The Morgan fingerprint density at radius 1 is 1.47 bits per heavy atom. The van der Waals surface area contributed by atoms with Gasteiger partial charge in [0.1, 0.15) is 11.2 Å². The minimum absolute atomic E-state index is 0.221. The molecule has 0 amide bonds. The molecule has 2 aromatic heterocycles. The maximum Gasteiger partial charge on any atom is 0.147 e. The van der Waals surface area contributed by atoms with Crippen LogP contribution in [-0.2, 0) is 7.05 Å². The molecule has 0 aliphatic heterocycles. The van der Waals surface area contributed by atoms with Crippen LogP contribution in [0.4, 0.5) is 0 Å². The highest BCUT2D eigenvalue weighted by atomic mass is 35.5. The fraction of sp³-hybridized carbons (Fsp3) is 0.100. The summed E-state index contributed by atoms with van der Waals surface area (Å²) in [7, 11) is 1.83. The van der Waals surface area contributed by atoms with E-state index in [-0.39, 0.29) is 5.15 Å². The molecular formula is C10H7ClN4. The summed E-state index contributed by atoms with van der Waals surface area (Å²) in [4.78, 5) is 4.12. The Labute approximate surface area is 91.7 Å². The fourth-order valence-corrected chi connectivity index (χ4v) is 1.43. The SMILES string of the molecule is Cn1cc(-c2ccc(C#N)c(Cl)n2)cn1. The van der Waals surface area contributed by atoms with Crippen molar-refractivity contribution in [1.82, 2.24) is 14.8 Å². The Hall–Kier alpha value is -1.86. The van der Waals surface area contributed by atoms with Gasteiger partial charge in [-0.15, -0.1) is 0 Å². The van der Waals surface area contributed by atoms with E-state index in [4.69, 9.17) is 16.9 Å². The largest absolute Gasteiger partial charge is 0.275 e. The number of aryl methyl sites for hydroxylation is 1. The van der Waals surface area contributed by atoms with Crippen LogP contribution in [0, 0.1) is 11.3 Å². The molecular weight excluding hydrogens is 212 g/mol. The highest BCUT2D eigenvalue weighted by Gasteiger charge is 2.05. The van der Waals surface area contributed by atoms with Gasteiger partial charge in [0.05, 0.1) is 17.5 Å². The highest BCUT2D eigenvalue weighted by molar-refractivity contribution is 6.30. The molecule has 0 aliphatic rings. The molecule has 0 aromatic carbocycles. The van der Waals surface area contributed by atoms with Crippen LogP contribution in [0.2, 0.25) is 5.15 Å². The van der Waals surface area contributed by atoms with E-state index in [1.54, 1.807) is 23.0 Å². The maximum atomic E-state index is 8.69. The molecule has 0 saturated carbocycles. The third kappa shape index (κ3) is 1.83. The van der Waals surface area contributed by atoms with Crippen LogP contribution in [0.25, 0.3) is 11.3 Å². The van der Waals surface area contributed by atoms with E-state index >= 15 is 0 Å². The summed E-state index contributed by atoms with van der Waals surface area (Å²) in [5, 5.41) is 12.9. The molecule has 0 spiro atoms. The van der Waals surface area contributed by atoms with Gasteiger partial charge < -0.3 is 0 Å². The lowest BCUT2D eigenvalue weighted by Crippen LogP contribution is -1.87. The normalized spacial score (nSPS) is 9.93. The molecule has 2 heterocycles. The molecule has 2 rings (SSSR count). The predicted octanol–water partition coefficient (Wildman–Crippen LogP) is 2.01. The zero-order valence-corrected chi connectivity index (χ0v) is 8.73. The number of rotatable bonds is 1. The fourth-order valence-electron chi connectivity index (χ4n) is 1.23. The van der Waals surface area contributed by atoms with Crippen LogP contribution < -0.4 is 0 Å². The first kappa shape index (κ1) is 9.69. The average Bonchev–Trinajstić information content (AvgIpc) is 2.65. The van der Waals surface area contributed by atoms with Crippen molar-refractivity contribution in [3.05, 3.63) is 35.2 Å². The number of nitrogens with zero attached hydrogens (tertiary/aromatic N) is 4. The number of hydrogen-bond donors (Lipinski definition) is 0. The van der Waals surface area contributed by atoms with E-state index in [0.29, 0.717) is 11.3 Å². The van der Waals surface area contributed by atoms with Crippen molar-refractivity contribution in [3.8, 4) is 17.3 Å². The Morgan fingerprint density at radius 2 is 2.27 bits per heavy atom. The van der Waals surface area contributed by atoms with E-state index < -0.39 is 0 Å². The summed E-state index contributed by atoms with van der Waals surface area (Å²) in [5.41, 5.74) is 1.97. The van der Waals surface area contributed by atoms with Gasteiger partial charge in [-0.05, 0) is 12.1 Å². The molecule has 0 fully saturated rings. The summed E-state index contributed by atoms with van der Waals surface area (Å²) in [6.45, 7) is 0. The third-order valence-electron chi connectivity index (χ3n) is 1.97. The monoisotopic (exact) mass is 218 g/mol. The zero-order chi connectivity index (χ0) is 10.8. The van der Waals surface area contributed by atoms with Crippen molar-refractivity contribution >= 4 is 11.6 Å². The molecule has 74 valence electrons. The predicted molar refractivity (Wildman–Crippen MR) is 56.2 cm³/mol. The zero-order valence-electron chi connectivity index (χ0n) is 7.98. The molecule has 0 saturated heterocycles. The van der Waals surface area contributed by atoms with Crippen LogP contribution >= 0.6 is 11.6 Å². The minimum Gasteiger partial charge on any atom is -0.275 e. The summed E-state index contributed by atoms with van der Waals surface area (Å²) in [5.74, 6) is 0. The van der Waals surface area contributed by atoms with E-state index in [0.717, 1.165) is 5.56 Å². The summed E-state index contributed by atoms with van der Waals surface area (Å²) in [6.07, 6.45) is 3.54. The van der Waals surface area contributed by atoms with Crippen LogP contribution in [0.3, 0.4) is 0 Å². The quantitative estimate of drug-likeness (QED) is 0.688. The Bertz CT molecular complexity index is 539. The summed E-state index contributed by atoms with van der Waals surface area (Å²) < 4.78 is 1.68. The molecule has 0 atom stereocenters. The Balaban J connectivity index is 2.48. The topological polar surface area (TPSA) is 54.5 Å². The minimum atomic E-state index is 0.221. The van der Waals surface area contributed by atoms with Gasteiger partial charge in [-0.2, -0.15) is 10.4 Å². The van der Waals surface area contributed by atoms with Crippen LogP contribution in [-0.4, -0.2) is 14.8 Å². The van der Waals surface area contributed by atoms with Crippen molar-refractivity contribution in [2.45, 2.75) is 0 Å². The van der Waals surface area contributed by atoms with Gasteiger partial charge in [0.15, 0.2) is 0 Å². The van der Waals surface area contributed by atoms with Crippen molar-refractivity contribution < 1.29 is 0 Å². The second-order valence-corrected chi connectivity index (χ2v) is 3.41. The van der Waals surface area contributed by atoms with E-state index in [9.17, 15) is 0 Å². The highest BCUT2D eigenvalue weighted by Crippen LogP contribution is 2.20. The number of aromatic nitrogens is 3. The smallest absolute Gasteiger partial charge is 0.147 e. The van der Waals surface area contributed by atoms with Crippen molar-refractivity contribution in [2.24, 2.45) is 7.05 Å². The average molecular weight is 219 g/mol. The second-order valence-electron chi connectivity index (χ2n) is 3.05. The lowest BCUT2D eigenvalue weighted by Gasteiger charge is -1.98. The maximum absolute atomic E-state index is 8.69. The number of pyridine rings is 1. The molecule has 0 bridgehead atoms. The molecule has 5 heteroatoms. The van der Waals surface area contributed by atoms with Crippen molar-refractivity contribution in [2.75, 3.05) is 0 Å². The van der Waals surface area contributed by atoms with Gasteiger partial charge in [-0.1, -0.05) is 11.6 Å². The second kappa shape index (κ2) is 3.71. The molecule has 15 heavy (non-hydrogen) atoms. The number of hydrogen-bond acceptors (Lipinski definition) is 3. The first-order chi connectivity index (χ1) is 7.20. The first-order valence-electron chi connectivity index (χ1n) is 4.26. The molecule has 2 aromatic rings. The van der Waals surface area contributed by atoms with Crippen LogP contribution in [0.1, 0.15) is 5.56 Å². The first-order valence-corrected chi connectivity index (χ1v) is 4.64. The summed E-state index contributed by atoms with van der Waals surface area (Å²) >= 11 is 5.83. The van der Waals surface area contributed by atoms with Gasteiger partial charge in [0.2, 0.25) is 0 Å². The van der Waals surface area contributed by atoms with Gasteiger partial charge in [-0.25, -0.2) is 4.98 Å².